The van der Waals surface area contributed by atoms with E-state index in [2.05, 4.69) is 48.3 Å². The lowest BCUT2D eigenvalue weighted by atomic mass is 10.1. The predicted molar refractivity (Wildman–Crippen MR) is 62.0 cm³/mol. The van der Waals surface area contributed by atoms with Crippen LogP contribution in [0.4, 0.5) is 11.4 Å². The number of fused-ring (bicyclic) bond motifs is 1. The van der Waals surface area contributed by atoms with E-state index in [9.17, 15) is 0 Å². The van der Waals surface area contributed by atoms with Gasteiger partial charge in [0.15, 0.2) is 0 Å². The highest BCUT2D eigenvalue weighted by Crippen LogP contribution is 2.28. The number of anilines is 2. The number of hydrogen-bond donors (Lipinski definition) is 1. The van der Waals surface area contributed by atoms with Crippen LogP contribution in [0.25, 0.3) is 0 Å². The Hall–Kier alpha value is -1.18. The zero-order valence-corrected chi connectivity index (χ0v) is 8.96. The number of benzene rings is 1. The number of nitrogens with one attached hydrogen (secondary N) is 1. The largest absolute Gasteiger partial charge is 0.382 e. The van der Waals surface area contributed by atoms with Crippen LogP contribution < -0.4 is 10.2 Å². The van der Waals surface area contributed by atoms with Crippen molar-refractivity contribution in [2.75, 3.05) is 29.9 Å². The van der Waals surface area contributed by atoms with Crippen LogP contribution in [-0.2, 0) is 0 Å². The molecule has 0 aliphatic carbocycles. The van der Waals surface area contributed by atoms with Crippen LogP contribution in [0.5, 0.6) is 0 Å². The van der Waals surface area contributed by atoms with Crippen LogP contribution >= 0.6 is 0 Å². The summed E-state index contributed by atoms with van der Waals surface area (Å²) in [5, 5.41) is 3.42. The molecular formula is C12H18N2. The molecule has 1 aromatic carbocycles. The average molecular weight is 190 g/mol. The topological polar surface area (TPSA) is 15.3 Å². The second kappa shape index (κ2) is 3.91. The summed E-state index contributed by atoms with van der Waals surface area (Å²) >= 11 is 0. The first-order valence-corrected chi connectivity index (χ1v) is 5.35. The first-order chi connectivity index (χ1) is 6.77. The van der Waals surface area contributed by atoms with Crippen molar-refractivity contribution >= 4 is 11.4 Å². The fraction of sp³-hybridized carbons (Fsp3) is 0.500. The standard InChI is InChI=1S/C12H18N2/c1-10(2)9-14-8-7-13-11-5-3-4-6-12(11)14/h3-6,10,13H,7-9H2,1-2H3. The van der Waals surface area contributed by atoms with Gasteiger partial charge in [0.2, 0.25) is 0 Å². The summed E-state index contributed by atoms with van der Waals surface area (Å²) in [6.07, 6.45) is 0. The maximum Gasteiger partial charge on any atom is 0.0602 e. The van der Waals surface area contributed by atoms with Gasteiger partial charge in [0, 0.05) is 19.6 Å². The molecule has 0 aromatic heterocycles. The van der Waals surface area contributed by atoms with Gasteiger partial charge in [0.05, 0.1) is 11.4 Å². The van der Waals surface area contributed by atoms with E-state index < -0.39 is 0 Å². The molecule has 1 heterocycles. The Kier molecular flexibility index (Phi) is 2.62. The zero-order chi connectivity index (χ0) is 9.97. The zero-order valence-electron chi connectivity index (χ0n) is 8.96. The second-order valence-electron chi connectivity index (χ2n) is 4.28. The van der Waals surface area contributed by atoms with E-state index >= 15 is 0 Å². The lowest BCUT2D eigenvalue weighted by molar-refractivity contribution is 0.610. The van der Waals surface area contributed by atoms with Gasteiger partial charge in [0.1, 0.15) is 0 Å². The van der Waals surface area contributed by atoms with Crippen molar-refractivity contribution in [3.8, 4) is 0 Å². The molecule has 0 amide bonds. The van der Waals surface area contributed by atoms with E-state index in [1.807, 2.05) is 0 Å². The van der Waals surface area contributed by atoms with Crippen molar-refractivity contribution in [1.82, 2.24) is 0 Å². The van der Waals surface area contributed by atoms with Gasteiger partial charge in [-0.25, -0.2) is 0 Å². The summed E-state index contributed by atoms with van der Waals surface area (Å²) in [5.74, 6) is 0.723. The number of para-hydroxylation sites is 2. The van der Waals surface area contributed by atoms with Gasteiger partial charge in [-0.3, -0.25) is 0 Å². The molecule has 14 heavy (non-hydrogen) atoms. The average Bonchev–Trinajstić information content (AvgIpc) is 2.18. The van der Waals surface area contributed by atoms with Crippen molar-refractivity contribution < 1.29 is 0 Å². The Morgan fingerprint density at radius 2 is 2.14 bits per heavy atom. The summed E-state index contributed by atoms with van der Waals surface area (Å²) in [6.45, 7) is 7.87. The van der Waals surface area contributed by atoms with Gasteiger partial charge >= 0.3 is 0 Å². The third kappa shape index (κ3) is 1.84. The fourth-order valence-electron chi connectivity index (χ4n) is 1.98. The molecule has 0 saturated heterocycles. The molecule has 2 rings (SSSR count). The molecule has 2 nitrogen and oxygen atoms in total. The molecule has 0 bridgehead atoms. The quantitative estimate of drug-likeness (QED) is 0.771. The number of nitrogens with zero attached hydrogens (tertiary/aromatic N) is 1. The third-order valence-corrected chi connectivity index (χ3v) is 2.53. The Morgan fingerprint density at radius 1 is 1.36 bits per heavy atom. The monoisotopic (exact) mass is 190 g/mol. The van der Waals surface area contributed by atoms with E-state index in [1.54, 1.807) is 0 Å². The van der Waals surface area contributed by atoms with E-state index in [0.29, 0.717) is 0 Å². The second-order valence-corrected chi connectivity index (χ2v) is 4.28. The van der Waals surface area contributed by atoms with E-state index in [0.717, 1.165) is 25.6 Å². The Labute approximate surface area is 85.9 Å². The van der Waals surface area contributed by atoms with Gasteiger partial charge in [-0.1, -0.05) is 26.0 Å². The molecule has 76 valence electrons. The van der Waals surface area contributed by atoms with E-state index in [1.165, 1.54) is 11.4 Å². The molecule has 1 aromatic rings. The van der Waals surface area contributed by atoms with Gasteiger partial charge in [0.25, 0.3) is 0 Å². The SMILES string of the molecule is CC(C)CN1CCNc2ccccc21. The molecule has 0 unspecified atom stereocenters. The van der Waals surface area contributed by atoms with Crippen molar-refractivity contribution in [2.24, 2.45) is 5.92 Å². The lowest BCUT2D eigenvalue weighted by Crippen LogP contribution is -2.36. The summed E-state index contributed by atoms with van der Waals surface area (Å²) in [6, 6.07) is 8.55. The maximum absolute atomic E-state index is 3.42. The normalized spacial score (nSPS) is 15.2. The van der Waals surface area contributed by atoms with Crippen LogP contribution in [0.15, 0.2) is 24.3 Å². The predicted octanol–water partition coefficient (Wildman–Crippen LogP) is 2.57. The van der Waals surface area contributed by atoms with Crippen molar-refractivity contribution in [3.63, 3.8) is 0 Å². The highest BCUT2D eigenvalue weighted by molar-refractivity contribution is 5.71. The summed E-state index contributed by atoms with van der Waals surface area (Å²) in [5.41, 5.74) is 2.63. The molecule has 0 spiro atoms. The number of hydrogen-bond acceptors (Lipinski definition) is 2. The molecular weight excluding hydrogens is 172 g/mol. The van der Waals surface area contributed by atoms with Crippen LogP contribution in [-0.4, -0.2) is 19.6 Å². The van der Waals surface area contributed by atoms with Gasteiger partial charge in [-0.2, -0.15) is 0 Å². The minimum absolute atomic E-state index is 0.723. The molecule has 2 heteroatoms. The Bertz CT molecular complexity index is 307. The first kappa shape index (κ1) is 9.38. The first-order valence-electron chi connectivity index (χ1n) is 5.35. The molecule has 0 saturated carbocycles. The van der Waals surface area contributed by atoms with Crippen molar-refractivity contribution in [3.05, 3.63) is 24.3 Å². The highest BCUT2D eigenvalue weighted by Gasteiger charge is 2.15. The minimum Gasteiger partial charge on any atom is -0.382 e. The van der Waals surface area contributed by atoms with Crippen LogP contribution in [0, 0.1) is 5.92 Å². The fourth-order valence-corrected chi connectivity index (χ4v) is 1.98. The Morgan fingerprint density at radius 3 is 2.93 bits per heavy atom. The minimum atomic E-state index is 0.723. The Balaban J connectivity index is 2.22. The number of rotatable bonds is 2. The highest BCUT2D eigenvalue weighted by atomic mass is 15.2. The lowest BCUT2D eigenvalue weighted by Gasteiger charge is -2.33. The summed E-state index contributed by atoms with van der Waals surface area (Å²) in [7, 11) is 0. The molecule has 1 aliphatic heterocycles. The van der Waals surface area contributed by atoms with E-state index in [-0.39, 0.29) is 0 Å². The van der Waals surface area contributed by atoms with E-state index in [4.69, 9.17) is 0 Å². The molecule has 0 radical (unpaired) electrons. The molecule has 0 fully saturated rings. The van der Waals surface area contributed by atoms with Gasteiger partial charge in [-0.05, 0) is 18.1 Å². The van der Waals surface area contributed by atoms with Crippen LogP contribution in [0.3, 0.4) is 0 Å². The maximum atomic E-state index is 3.42. The van der Waals surface area contributed by atoms with Gasteiger partial charge < -0.3 is 10.2 Å². The van der Waals surface area contributed by atoms with Gasteiger partial charge in [-0.15, -0.1) is 0 Å². The molecule has 1 N–H and O–H groups in total. The smallest absolute Gasteiger partial charge is 0.0602 e. The van der Waals surface area contributed by atoms with Crippen molar-refractivity contribution in [2.45, 2.75) is 13.8 Å². The molecule has 1 aliphatic rings. The van der Waals surface area contributed by atoms with Crippen LogP contribution in [0.1, 0.15) is 13.8 Å². The molecule has 0 atom stereocenters. The van der Waals surface area contributed by atoms with Crippen LogP contribution in [0.2, 0.25) is 0 Å². The summed E-state index contributed by atoms with van der Waals surface area (Å²) in [4.78, 5) is 2.47. The van der Waals surface area contributed by atoms with Crippen molar-refractivity contribution in [1.29, 1.82) is 0 Å². The third-order valence-electron chi connectivity index (χ3n) is 2.53. The summed E-state index contributed by atoms with van der Waals surface area (Å²) < 4.78 is 0.